The summed E-state index contributed by atoms with van der Waals surface area (Å²) in [5.41, 5.74) is 0. The van der Waals surface area contributed by atoms with Crippen molar-refractivity contribution in [2.24, 2.45) is 5.92 Å². The quantitative estimate of drug-likeness (QED) is 0.875. The van der Waals surface area contributed by atoms with Crippen LogP contribution in [0.3, 0.4) is 0 Å². The van der Waals surface area contributed by atoms with Crippen LogP contribution in [-0.2, 0) is 17.6 Å². The largest absolute Gasteiger partial charge is 0.378 e. The number of ether oxygens (including phenoxy) is 1. The summed E-state index contributed by atoms with van der Waals surface area (Å²) in [7, 11) is 0. The molecule has 5 nitrogen and oxygen atoms in total. The first-order valence-electron chi connectivity index (χ1n) is 7.04. The van der Waals surface area contributed by atoms with Gasteiger partial charge in [0.25, 0.3) is 0 Å². The molecule has 1 aromatic rings. The second-order valence-electron chi connectivity index (χ2n) is 5.36. The van der Waals surface area contributed by atoms with Crippen molar-refractivity contribution in [2.45, 2.75) is 44.6 Å². The molecule has 2 atom stereocenters. The minimum absolute atomic E-state index is 0.287. The highest BCUT2D eigenvalue weighted by atomic mass is 16.5. The fraction of sp³-hybridized carbons (Fsp3) is 0.846. The van der Waals surface area contributed by atoms with Crippen LogP contribution in [0.2, 0.25) is 0 Å². The number of nitrogens with zero attached hydrogens (tertiary/aromatic N) is 2. The Morgan fingerprint density at radius 2 is 2.22 bits per heavy atom. The minimum atomic E-state index is 0.287. The van der Waals surface area contributed by atoms with Crippen molar-refractivity contribution in [3.05, 3.63) is 11.7 Å². The van der Waals surface area contributed by atoms with E-state index in [-0.39, 0.29) is 6.10 Å². The van der Waals surface area contributed by atoms with E-state index in [0.717, 1.165) is 57.1 Å². The smallest absolute Gasteiger partial charge is 0.229 e. The summed E-state index contributed by atoms with van der Waals surface area (Å²) < 4.78 is 10.9. The number of aromatic nitrogens is 2. The molecule has 0 radical (unpaired) electrons. The fourth-order valence-electron chi connectivity index (χ4n) is 2.81. The predicted molar refractivity (Wildman–Crippen MR) is 66.3 cm³/mol. The van der Waals surface area contributed by atoms with E-state index >= 15 is 0 Å². The van der Waals surface area contributed by atoms with Gasteiger partial charge in [-0.3, -0.25) is 0 Å². The molecule has 2 unspecified atom stereocenters. The number of rotatable bonds is 4. The lowest BCUT2D eigenvalue weighted by Crippen LogP contribution is -2.31. The van der Waals surface area contributed by atoms with Crippen molar-refractivity contribution in [3.63, 3.8) is 0 Å². The third-order valence-corrected chi connectivity index (χ3v) is 3.81. The Balaban J connectivity index is 1.52. The van der Waals surface area contributed by atoms with Gasteiger partial charge in [-0.1, -0.05) is 5.16 Å². The molecule has 1 N–H and O–H groups in total. The SMILES string of the molecule is C1CNCC(Cc2noc(CC3CCCO3)n2)C1. The standard InChI is InChI=1S/C13H21N3O2/c1-3-10(9-14-5-1)7-12-15-13(18-16-12)8-11-4-2-6-17-11/h10-11,14H,1-9H2. The van der Waals surface area contributed by atoms with E-state index < -0.39 is 0 Å². The molecule has 0 amide bonds. The van der Waals surface area contributed by atoms with Gasteiger partial charge < -0.3 is 14.6 Å². The Kier molecular flexibility index (Phi) is 3.90. The molecule has 2 aliphatic rings. The molecule has 0 saturated carbocycles. The van der Waals surface area contributed by atoms with E-state index in [0.29, 0.717) is 5.92 Å². The molecule has 18 heavy (non-hydrogen) atoms. The van der Waals surface area contributed by atoms with E-state index in [2.05, 4.69) is 15.5 Å². The first-order valence-corrected chi connectivity index (χ1v) is 7.04. The average molecular weight is 251 g/mol. The zero-order valence-corrected chi connectivity index (χ0v) is 10.7. The molecule has 100 valence electrons. The van der Waals surface area contributed by atoms with Crippen LogP contribution in [0.25, 0.3) is 0 Å². The van der Waals surface area contributed by atoms with Gasteiger partial charge in [0, 0.05) is 13.0 Å². The van der Waals surface area contributed by atoms with E-state index in [1.165, 1.54) is 12.8 Å². The van der Waals surface area contributed by atoms with Crippen molar-refractivity contribution >= 4 is 0 Å². The van der Waals surface area contributed by atoms with Gasteiger partial charge in [0.1, 0.15) is 0 Å². The van der Waals surface area contributed by atoms with Crippen LogP contribution in [0.4, 0.5) is 0 Å². The van der Waals surface area contributed by atoms with E-state index in [4.69, 9.17) is 9.26 Å². The van der Waals surface area contributed by atoms with Gasteiger partial charge in [-0.2, -0.15) is 4.98 Å². The maximum absolute atomic E-state index is 5.58. The third kappa shape index (κ3) is 3.09. The topological polar surface area (TPSA) is 60.2 Å². The molecular weight excluding hydrogens is 230 g/mol. The van der Waals surface area contributed by atoms with Crippen LogP contribution in [-0.4, -0.2) is 35.9 Å². The average Bonchev–Trinajstić information content (AvgIpc) is 3.03. The molecule has 0 aromatic carbocycles. The lowest BCUT2D eigenvalue weighted by molar-refractivity contribution is 0.104. The zero-order chi connectivity index (χ0) is 12.2. The first-order chi connectivity index (χ1) is 8.90. The van der Waals surface area contributed by atoms with Gasteiger partial charge in [-0.05, 0) is 44.7 Å². The van der Waals surface area contributed by atoms with E-state index in [1.54, 1.807) is 0 Å². The normalized spacial score (nSPS) is 28.7. The third-order valence-electron chi connectivity index (χ3n) is 3.81. The molecule has 3 rings (SSSR count). The van der Waals surface area contributed by atoms with Gasteiger partial charge in [-0.25, -0.2) is 0 Å². The lowest BCUT2D eigenvalue weighted by atomic mass is 9.96. The van der Waals surface area contributed by atoms with Crippen LogP contribution < -0.4 is 5.32 Å². The van der Waals surface area contributed by atoms with Gasteiger partial charge in [0.15, 0.2) is 5.82 Å². The second-order valence-corrected chi connectivity index (χ2v) is 5.36. The van der Waals surface area contributed by atoms with Crippen LogP contribution in [0, 0.1) is 5.92 Å². The first kappa shape index (κ1) is 12.1. The number of nitrogens with one attached hydrogen (secondary N) is 1. The second kappa shape index (κ2) is 5.80. The summed E-state index contributed by atoms with van der Waals surface area (Å²) in [4.78, 5) is 4.48. The van der Waals surface area contributed by atoms with Crippen LogP contribution in [0.15, 0.2) is 4.52 Å². The Morgan fingerprint density at radius 1 is 1.22 bits per heavy atom. The predicted octanol–water partition coefficient (Wildman–Crippen LogP) is 1.33. The summed E-state index contributed by atoms with van der Waals surface area (Å²) in [6.45, 7) is 3.10. The van der Waals surface area contributed by atoms with Gasteiger partial charge in [-0.15, -0.1) is 0 Å². The highest BCUT2D eigenvalue weighted by Crippen LogP contribution is 2.18. The van der Waals surface area contributed by atoms with Gasteiger partial charge >= 0.3 is 0 Å². The minimum Gasteiger partial charge on any atom is -0.378 e. The monoisotopic (exact) mass is 251 g/mol. The van der Waals surface area contributed by atoms with Gasteiger partial charge in [0.2, 0.25) is 5.89 Å². The maximum Gasteiger partial charge on any atom is 0.229 e. The van der Waals surface area contributed by atoms with Crippen molar-refractivity contribution < 1.29 is 9.26 Å². The Bertz CT molecular complexity index is 368. The van der Waals surface area contributed by atoms with Crippen molar-refractivity contribution in [2.75, 3.05) is 19.7 Å². The molecule has 2 fully saturated rings. The number of hydrogen-bond donors (Lipinski definition) is 1. The molecule has 3 heterocycles. The number of hydrogen-bond acceptors (Lipinski definition) is 5. The van der Waals surface area contributed by atoms with E-state index in [9.17, 15) is 0 Å². The Morgan fingerprint density at radius 3 is 3.00 bits per heavy atom. The summed E-state index contributed by atoms with van der Waals surface area (Å²) >= 11 is 0. The molecule has 5 heteroatoms. The molecule has 0 aliphatic carbocycles. The molecular formula is C13H21N3O2. The maximum atomic E-state index is 5.58. The van der Waals surface area contributed by atoms with Crippen LogP contribution in [0.5, 0.6) is 0 Å². The molecule has 0 bridgehead atoms. The lowest BCUT2D eigenvalue weighted by Gasteiger charge is -2.20. The van der Waals surface area contributed by atoms with Crippen molar-refractivity contribution in [1.29, 1.82) is 0 Å². The van der Waals surface area contributed by atoms with Crippen LogP contribution in [0.1, 0.15) is 37.4 Å². The zero-order valence-electron chi connectivity index (χ0n) is 10.7. The van der Waals surface area contributed by atoms with Gasteiger partial charge in [0.05, 0.1) is 12.5 Å². The molecule has 1 aromatic heterocycles. The molecule has 2 saturated heterocycles. The van der Waals surface area contributed by atoms with Crippen molar-refractivity contribution in [3.8, 4) is 0 Å². The van der Waals surface area contributed by atoms with E-state index in [1.807, 2.05) is 0 Å². The summed E-state index contributed by atoms with van der Waals surface area (Å²) in [5.74, 6) is 2.25. The highest BCUT2D eigenvalue weighted by Gasteiger charge is 2.21. The highest BCUT2D eigenvalue weighted by molar-refractivity contribution is 4.91. The Labute approximate surface area is 107 Å². The molecule has 2 aliphatic heterocycles. The fourth-order valence-corrected chi connectivity index (χ4v) is 2.81. The van der Waals surface area contributed by atoms with Crippen molar-refractivity contribution in [1.82, 2.24) is 15.5 Å². The summed E-state index contributed by atoms with van der Waals surface area (Å²) in [6, 6.07) is 0. The number of piperidine rings is 1. The summed E-state index contributed by atoms with van der Waals surface area (Å²) in [5, 5.41) is 7.50. The van der Waals surface area contributed by atoms with Crippen LogP contribution >= 0.6 is 0 Å². The molecule has 0 spiro atoms. The summed E-state index contributed by atoms with van der Waals surface area (Å²) in [6.07, 6.45) is 6.78. The Hall–Kier alpha value is -0.940.